The summed E-state index contributed by atoms with van der Waals surface area (Å²) in [5.74, 6) is 0. The van der Waals surface area contributed by atoms with Crippen LogP contribution >= 0.6 is 0 Å². The third-order valence-corrected chi connectivity index (χ3v) is 15.0. The van der Waals surface area contributed by atoms with E-state index in [1.165, 1.54) is 0 Å². The van der Waals surface area contributed by atoms with Gasteiger partial charge in [-0.3, -0.25) is 0 Å². The molecule has 0 atom stereocenters. The van der Waals surface area contributed by atoms with Crippen LogP contribution in [-0.2, 0) is 50.6 Å². The van der Waals surface area contributed by atoms with Gasteiger partial charge in [-0.25, -0.2) is 28.8 Å². The van der Waals surface area contributed by atoms with E-state index in [1.807, 2.05) is 253 Å². The first kappa shape index (κ1) is 85.5. The van der Waals surface area contributed by atoms with E-state index in [0.717, 1.165) is 77.9 Å². The molecule has 0 saturated carbocycles. The number of ether oxygens (including phenoxy) is 6. The van der Waals surface area contributed by atoms with Gasteiger partial charge in [0.2, 0.25) is 0 Å². The van der Waals surface area contributed by atoms with Gasteiger partial charge in [0.25, 0.3) is 0 Å². The number of benzene rings is 6. The second-order valence-electron chi connectivity index (χ2n) is 25.4. The van der Waals surface area contributed by atoms with Crippen molar-refractivity contribution < 1.29 is 57.2 Å². The predicted octanol–water partition coefficient (Wildman–Crippen LogP) is 19.0. The highest BCUT2D eigenvalue weighted by molar-refractivity contribution is 5.73. The van der Waals surface area contributed by atoms with Crippen molar-refractivity contribution in [3.05, 3.63) is 252 Å². The minimum Gasteiger partial charge on any atom is -0.450 e. The van der Waals surface area contributed by atoms with Crippen LogP contribution in [0.4, 0.5) is 28.8 Å². The van der Waals surface area contributed by atoms with Crippen LogP contribution in [0.25, 0.3) is 34.4 Å². The lowest BCUT2D eigenvalue weighted by atomic mass is 9.92. The lowest BCUT2D eigenvalue weighted by molar-refractivity contribution is 0.109. The molecule has 0 bridgehead atoms. The van der Waals surface area contributed by atoms with E-state index in [9.17, 15) is 28.8 Å². The molecule has 0 heterocycles. The molecule has 0 unspecified atom stereocenters. The molecule has 0 aliphatic rings. The molecule has 18 heteroatoms. The monoisotopic (exact) mass is 1370 g/mol. The van der Waals surface area contributed by atoms with Crippen molar-refractivity contribution in [2.75, 3.05) is 46.3 Å². The summed E-state index contributed by atoms with van der Waals surface area (Å²) in [6.07, 6.45) is 5.43. The maximum Gasteiger partial charge on any atom is 0.408 e. The Hall–Kier alpha value is -10.6. The Morgan fingerprint density at radius 1 is 0.340 bits per heavy atom. The molecule has 0 aliphatic carbocycles. The maximum absolute atomic E-state index is 12.3. The predicted molar refractivity (Wildman–Crippen MR) is 407 cm³/mol. The molecule has 0 radical (unpaired) electrons. The van der Waals surface area contributed by atoms with E-state index < -0.39 is 58.7 Å². The zero-order valence-corrected chi connectivity index (χ0v) is 59.1. The van der Waals surface area contributed by atoms with Gasteiger partial charge in [0.15, 0.2) is 0 Å². The first-order valence-corrected chi connectivity index (χ1v) is 32.5. The molecule has 0 saturated heterocycles. The van der Waals surface area contributed by atoms with Crippen LogP contribution in [0, 0.1) is 0 Å². The van der Waals surface area contributed by atoms with Gasteiger partial charge < -0.3 is 60.3 Å². The van der Waals surface area contributed by atoms with E-state index in [1.54, 1.807) is 12.2 Å². The van der Waals surface area contributed by atoms with Crippen LogP contribution in [0.3, 0.4) is 0 Å². The zero-order valence-electron chi connectivity index (χ0n) is 59.1. The number of carbonyl (C=O) groups is 6. The Kier molecular flexibility index (Phi) is 36.7. The van der Waals surface area contributed by atoms with Gasteiger partial charge in [-0.05, 0) is 188 Å². The van der Waals surface area contributed by atoms with E-state index in [4.69, 9.17) is 28.4 Å². The molecule has 6 aromatic rings. The number of alkyl carbamates (subject to hydrolysis) is 6. The average Bonchev–Trinajstić information content (AvgIpc) is 0.850. The highest BCUT2D eigenvalue weighted by Gasteiger charge is 2.28. The Morgan fingerprint density at radius 2 is 0.590 bits per heavy atom. The second kappa shape index (κ2) is 42.9. The standard InChI is InChI=1S/C30H40N2O4.C29H38N2O4.C21H22N2O4.2CH4/c1-21(2)23-13-11-15-25(19-23)29(5,6)31-27(33)35-17-9-10-18-36-28(34)32-30(7,8)26-16-12-14-24(20-26)22(3)4;1-20(2)22-12-9-14-24(18-22)28(5,6)30-26(32)34-16-11-17-35-27(33)31-29(7,8)25-15-10-13-23(19-25)21(3)4;24-20(26-15-7-13-18-9-3-1-4-10-18)22-17-23-21(25)27-16-8-14-19-11-5-2-6-12-19;;/h11-16,19-20H,1,3,9-10,17-18H2,2,4-8H3,(H,31,33)(H,32,34);9-10,12-15,18-19H,1,3,11,16-17H2,2,4-8H3,(H,30,32)(H,31,33);1-14H,15-17H2,(H,22,24)(H,23,25);2*1H4. The lowest BCUT2D eigenvalue weighted by Crippen LogP contribution is -2.42. The van der Waals surface area contributed by atoms with Crippen molar-refractivity contribution in [3.63, 3.8) is 0 Å². The van der Waals surface area contributed by atoms with Crippen LogP contribution in [0.5, 0.6) is 0 Å². The summed E-state index contributed by atoms with van der Waals surface area (Å²) in [4.78, 5) is 72.1. The first-order valence-electron chi connectivity index (χ1n) is 32.5. The van der Waals surface area contributed by atoms with Crippen LogP contribution in [0.15, 0.2) is 196 Å². The molecule has 0 spiro atoms. The Bertz CT molecular complexity index is 3460. The lowest BCUT2D eigenvalue weighted by Gasteiger charge is -2.27. The summed E-state index contributed by atoms with van der Waals surface area (Å²) in [6, 6.07) is 51.0. The average molecular weight is 1370 g/mol. The van der Waals surface area contributed by atoms with Crippen molar-refractivity contribution in [2.45, 2.75) is 139 Å². The highest BCUT2D eigenvalue weighted by Crippen LogP contribution is 2.28. The van der Waals surface area contributed by atoms with Crippen LogP contribution in [-0.4, -0.2) is 82.9 Å². The molecule has 100 heavy (non-hydrogen) atoms. The summed E-state index contributed by atoms with van der Waals surface area (Å²) in [5, 5.41) is 16.4. The SMILES string of the molecule is C.C.C=C(C)c1cccc(C(C)(C)NC(=O)OCCCCOC(=O)NC(C)(C)c2cccc(C(=C)C)c2)c1.C=C(C)c1cccc(C(C)(C)NC(=O)OCCCOC(=O)NC(C)(C)c2cccc(C(=C)C)c2)c1.O=C(NCNC(=O)OCC=Cc1ccccc1)OCC=Cc1ccccc1. The minimum absolute atomic E-state index is 0. The minimum atomic E-state index is -0.628. The molecule has 0 fully saturated rings. The van der Waals surface area contributed by atoms with Gasteiger partial charge in [-0.2, -0.15) is 0 Å². The molecular weight excluding hydrogens is 1260 g/mol. The molecule has 0 aromatic heterocycles. The zero-order chi connectivity index (χ0) is 72.3. The molecule has 6 rings (SSSR count). The summed E-state index contributed by atoms with van der Waals surface area (Å²) in [5.41, 5.74) is 11.4. The van der Waals surface area contributed by atoms with Crippen LogP contribution in [0.2, 0.25) is 0 Å². The van der Waals surface area contributed by atoms with Gasteiger partial charge in [-0.1, -0.05) is 209 Å². The van der Waals surface area contributed by atoms with Crippen LogP contribution < -0.4 is 31.9 Å². The number of carbonyl (C=O) groups excluding carboxylic acids is 6. The molecule has 6 amide bonds. The van der Waals surface area contributed by atoms with Crippen LogP contribution in [0.1, 0.15) is 173 Å². The van der Waals surface area contributed by atoms with Crippen molar-refractivity contribution in [2.24, 2.45) is 0 Å². The van der Waals surface area contributed by atoms with Crippen molar-refractivity contribution in [1.82, 2.24) is 31.9 Å². The maximum atomic E-state index is 12.3. The Labute approximate surface area is 594 Å². The molecule has 538 valence electrons. The Balaban J connectivity index is 0.000000510. The van der Waals surface area contributed by atoms with E-state index >= 15 is 0 Å². The number of amides is 6. The smallest absolute Gasteiger partial charge is 0.408 e. The van der Waals surface area contributed by atoms with E-state index in [2.05, 4.69) is 58.2 Å². The van der Waals surface area contributed by atoms with Gasteiger partial charge >= 0.3 is 36.6 Å². The largest absolute Gasteiger partial charge is 0.450 e. The summed E-state index contributed by atoms with van der Waals surface area (Å²) in [6.45, 7) is 39.9. The highest BCUT2D eigenvalue weighted by atomic mass is 16.6. The molecular formula is C82H108N6O12. The molecule has 0 aliphatic heterocycles. The van der Waals surface area contributed by atoms with E-state index in [-0.39, 0.29) is 61.2 Å². The fourth-order valence-electron chi connectivity index (χ4n) is 9.10. The summed E-state index contributed by atoms with van der Waals surface area (Å²) in [7, 11) is 0. The molecule has 18 nitrogen and oxygen atoms in total. The fourth-order valence-corrected chi connectivity index (χ4v) is 9.10. The first-order chi connectivity index (χ1) is 46.4. The number of nitrogens with one attached hydrogen (secondary N) is 6. The van der Waals surface area contributed by atoms with Crippen molar-refractivity contribution in [3.8, 4) is 0 Å². The molecule has 6 aromatic carbocycles. The van der Waals surface area contributed by atoms with Gasteiger partial charge in [0.05, 0.1) is 55.3 Å². The van der Waals surface area contributed by atoms with Crippen molar-refractivity contribution in [1.29, 1.82) is 0 Å². The fraction of sp³-hybridized carbons (Fsp3) is 0.341. The molecule has 6 N–H and O–H groups in total. The summed E-state index contributed by atoms with van der Waals surface area (Å²) < 4.78 is 31.1. The number of hydrogen-bond acceptors (Lipinski definition) is 12. The van der Waals surface area contributed by atoms with Crippen molar-refractivity contribution >= 4 is 71.0 Å². The second-order valence-corrected chi connectivity index (χ2v) is 25.4. The number of unbranched alkanes of at least 4 members (excludes halogenated alkanes) is 1. The van der Waals surface area contributed by atoms with Gasteiger partial charge in [0.1, 0.15) is 13.2 Å². The Morgan fingerprint density at radius 3 is 0.840 bits per heavy atom. The summed E-state index contributed by atoms with van der Waals surface area (Å²) >= 11 is 0. The number of hydrogen-bond donors (Lipinski definition) is 6. The number of rotatable bonds is 29. The van der Waals surface area contributed by atoms with Gasteiger partial charge in [-0.15, -0.1) is 0 Å². The van der Waals surface area contributed by atoms with E-state index in [0.29, 0.717) is 19.3 Å². The number of allylic oxidation sites excluding steroid dienone is 4. The third kappa shape index (κ3) is 32.2. The third-order valence-electron chi connectivity index (χ3n) is 15.0. The topological polar surface area (TPSA) is 230 Å². The van der Waals surface area contributed by atoms with Gasteiger partial charge in [0, 0.05) is 6.42 Å². The quantitative estimate of drug-likeness (QED) is 0.0146. The normalized spacial score (nSPS) is 11.0.